The van der Waals surface area contributed by atoms with Crippen LogP contribution >= 0.6 is 0 Å². The van der Waals surface area contributed by atoms with Crippen LogP contribution in [-0.2, 0) is 6.54 Å². The second-order valence-corrected chi connectivity index (χ2v) is 5.48. The maximum atomic E-state index is 12.0. The largest absolute Gasteiger partial charge is 0.478 e. The molecule has 1 aliphatic carbocycles. The van der Waals surface area contributed by atoms with Gasteiger partial charge < -0.3 is 10.1 Å². The fourth-order valence-electron chi connectivity index (χ4n) is 2.79. The summed E-state index contributed by atoms with van der Waals surface area (Å²) in [4.78, 5) is 28.1. The average molecular weight is 289 g/mol. The summed E-state index contributed by atoms with van der Waals surface area (Å²) in [5.41, 5.74) is 1.34. The van der Waals surface area contributed by atoms with Crippen LogP contribution in [0.15, 0.2) is 23.0 Å². The van der Waals surface area contributed by atoms with Crippen molar-refractivity contribution in [1.29, 1.82) is 0 Å². The second-order valence-electron chi connectivity index (χ2n) is 5.48. The van der Waals surface area contributed by atoms with Crippen molar-refractivity contribution < 1.29 is 9.90 Å². The van der Waals surface area contributed by atoms with E-state index >= 15 is 0 Å². The van der Waals surface area contributed by atoms with Gasteiger partial charge in [-0.2, -0.15) is 0 Å². The number of H-pyrrole nitrogens is 1. The van der Waals surface area contributed by atoms with E-state index in [4.69, 9.17) is 5.11 Å². The molecular weight excluding hydrogens is 270 g/mol. The molecule has 1 heterocycles. The molecule has 0 radical (unpaired) electrons. The number of carboxylic acids is 1. The fourth-order valence-corrected chi connectivity index (χ4v) is 2.79. The van der Waals surface area contributed by atoms with Gasteiger partial charge in [0.1, 0.15) is 0 Å². The Bertz CT molecular complexity index is 727. The van der Waals surface area contributed by atoms with Crippen LogP contribution in [0.2, 0.25) is 0 Å². The Morgan fingerprint density at radius 1 is 1.48 bits per heavy atom. The third kappa shape index (κ3) is 2.71. The molecule has 0 unspecified atom stereocenters. The van der Waals surface area contributed by atoms with E-state index in [0.29, 0.717) is 18.1 Å². The van der Waals surface area contributed by atoms with Crippen molar-refractivity contribution in [1.82, 2.24) is 14.5 Å². The number of benzene rings is 1. The van der Waals surface area contributed by atoms with Crippen molar-refractivity contribution in [2.75, 3.05) is 13.1 Å². The summed E-state index contributed by atoms with van der Waals surface area (Å²) >= 11 is 0. The molecule has 0 saturated heterocycles. The van der Waals surface area contributed by atoms with E-state index in [1.807, 2.05) is 0 Å². The van der Waals surface area contributed by atoms with Crippen LogP contribution in [0.4, 0.5) is 0 Å². The van der Waals surface area contributed by atoms with Crippen molar-refractivity contribution in [2.45, 2.75) is 32.4 Å². The highest BCUT2D eigenvalue weighted by Gasteiger charge is 2.27. The highest BCUT2D eigenvalue weighted by atomic mass is 16.4. The number of nitrogens with one attached hydrogen (secondary N) is 1. The maximum Gasteiger partial charge on any atom is 0.335 e. The minimum Gasteiger partial charge on any atom is -0.478 e. The Kier molecular flexibility index (Phi) is 3.55. The number of aromatic nitrogens is 2. The molecule has 6 heteroatoms. The van der Waals surface area contributed by atoms with E-state index < -0.39 is 5.97 Å². The van der Waals surface area contributed by atoms with E-state index in [0.717, 1.165) is 18.6 Å². The van der Waals surface area contributed by atoms with Crippen LogP contribution in [-0.4, -0.2) is 44.7 Å². The summed E-state index contributed by atoms with van der Waals surface area (Å²) in [6, 6.07) is 5.42. The number of rotatable bonds is 6. The number of hydrogen-bond acceptors (Lipinski definition) is 3. The summed E-state index contributed by atoms with van der Waals surface area (Å²) in [7, 11) is 0. The molecule has 3 rings (SSSR count). The van der Waals surface area contributed by atoms with Gasteiger partial charge in [0.2, 0.25) is 0 Å². The molecule has 1 saturated carbocycles. The molecule has 2 aromatic rings. The molecule has 1 aliphatic rings. The number of aromatic carboxylic acids is 1. The van der Waals surface area contributed by atoms with E-state index in [1.54, 1.807) is 10.6 Å². The first-order valence-corrected chi connectivity index (χ1v) is 7.30. The molecule has 21 heavy (non-hydrogen) atoms. The molecule has 6 nitrogen and oxygen atoms in total. The molecule has 1 aromatic carbocycles. The summed E-state index contributed by atoms with van der Waals surface area (Å²) in [5.74, 6) is -0.989. The lowest BCUT2D eigenvalue weighted by Crippen LogP contribution is -2.31. The zero-order chi connectivity index (χ0) is 15.0. The zero-order valence-corrected chi connectivity index (χ0v) is 12.0. The van der Waals surface area contributed by atoms with Crippen molar-refractivity contribution in [2.24, 2.45) is 0 Å². The highest BCUT2D eigenvalue weighted by molar-refractivity contribution is 5.92. The predicted molar refractivity (Wildman–Crippen MR) is 79.8 cm³/mol. The molecule has 0 aliphatic heterocycles. The number of nitrogens with zero attached hydrogens (tertiary/aromatic N) is 2. The van der Waals surface area contributed by atoms with Gasteiger partial charge in [0, 0.05) is 19.1 Å². The van der Waals surface area contributed by atoms with Gasteiger partial charge in [0.05, 0.1) is 16.6 Å². The number of fused-ring (bicyclic) bond motifs is 1. The lowest BCUT2D eigenvalue weighted by atomic mass is 10.2. The lowest BCUT2D eigenvalue weighted by molar-refractivity contribution is 0.0697. The molecule has 112 valence electrons. The number of hydrogen-bond donors (Lipinski definition) is 2. The Balaban J connectivity index is 1.86. The highest BCUT2D eigenvalue weighted by Crippen LogP contribution is 2.26. The Labute approximate surface area is 122 Å². The molecule has 0 amide bonds. The number of imidazole rings is 1. The molecule has 0 atom stereocenters. The maximum absolute atomic E-state index is 12.0. The molecule has 0 spiro atoms. The zero-order valence-electron chi connectivity index (χ0n) is 12.0. The van der Waals surface area contributed by atoms with Gasteiger partial charge in [0.25, 0.3) is 0 Å². The van der Waals surface area contributed by atoms with Crippen LogP contribution in [0.3, 0.4) is 0 Å². The summed E-state index contributed by atoms with van der Waals surface area (Å²) in [5, 5.41) is 8.99. The van der Waals surface area contributed by atoms with Crippen molar-refractivity contribution in [3.63, 3.8) is 0 Å². The summed E-state index contributed by atoms with van der Waals surface area (Å²) < 4.78 is 1.69. The van der Waals surface area contributed by atoms with E-state index in [-0.39, 0.29) is 11.3 Å². The van der Waals surface area contributed by atoms with Crippen LogP contribution in [0.5, 0.6) is 0 Å². The minimum absolute atomic E-state index is 0.181. The first kappa shape index (κ1) is 13.9. The number of aromatic amines is 1. The first-order chi connectivity index (χ1) is 10.1. The van der Waals surface area contributed by atoms with Gasteiger partial charge >= 0.3 is 11.7 Å². The Morgan fingerprint density at radius 3 is 2.86 bits per heavy atom. The third-order valence-electron chi connectivity index (χ3n) is 4.10. The number of likely N-dealkylation sites (N-methyl/N-ethyl adjacent to an activating group) is 1. The number of carboxylic acid groups (broad SMARTS) is 1. The van der Waals surface area contributed by atoms with Crippen LogP contribution < -0.4 is 5.69 Å². The standard InChI is InChI=1S/C15H19N3O3/c1-2-17(11-4-5-11)7-8-18-13-6-3-10(14(19)20)9-12(13)16-15(18)21/h3,6,9,11H,2,4-5,7-8H2,1H3,(H,16,21)(H,19,20). The van der Waals surface area contributed by atoms with E-state index in [1.165, 1.54) is 25.0 Å². The predicted octanol–water partition coefficient (Wildman–Crippen LogP) is 1.51. The van der Waals surface area contributed by atoms with Crippen molar-refractivity contribution in [3.05, 3.63) is 34.2 Å². The molecule has 0 bridgehead atoms. The minimum atomic E-state index is -0.989. The van der Waals surface area contributed by atoms with Gasteiger partial charge in [0.15, 0.2) is 0 Å². The van der Waals surface area contributed by atoms with Gasteiger partial charge in [-0.1, -0.05) is 6.92 Å². The van der Waals surface area contributed by atoms with Crippen molar-refractivity contribution >= 4 is 17.0 Å². The number of carbonyl (C=O) groups is 1. The van der Waals surface area contributed by atoms with Crippen LogP contribution in [0.1, 0.15) is 30.1 Å². The Hall–Kier alpha value is -2.08. The van der Waals surface area contributed by atoms with Crippen molar-refractivity contribution in [3.8, 4) is 0 Å². The van der Waals surface area contributed by atoms with E-state index in [2.05, 4.69) is 16.8 Å². The van der Waals surface area contributed by atoms with Gasteiger partial charge in [-0.25, -0.2) is 9.59 Å². The van der Waals surface area contributed by atoms with Gasteiger partial charge in [-0.15, -0.1) is 0 Å². The molecule has 2 N–H and O–H groups in total. The van der Waals surface area contributed by atoms with E-state index in [9.17, 15) is 9.59 Å². The smallest absolute Gasteiger partial charge is 0.335 e. The lowest BCUT2D eigenvalue weighted by Gasteiger charge is -2.19. The van der Waals surface area contributed by atoms with Gasteiger partial charge in [-0.3, -0.25) is 9.47 Å². The fraction of sp³-hybridized carbons (Fsp3) is 0.467. The molecule has 1 fully saturated rings. The Morgan fingerprint density at radius 2 is 2.24 bits per heavy atom. The second kappa shape index (κ2) is 5.37. The molecular formula is C15H19N3O3. The topological polar surface area (TPSA) is 78.3 Å². The first-order valence-electron chi connectivity index (χ1n) is 7.30. The molecule has 1 aromatic heterocycles. The summed E-state index contributed by atoms with van der Waals surface area (Å²) in [6.07, 6.45) is 2.50. The van der Waals surface area contributed by atoms with Crippen LogP contribution in [0.25, 0.3) is 11.0 Å². The average Bonchev–Trinajstić information content (AvgIpc) is 3.24. The normalized spacial score (nSPS) is 15.0. The quantitative estimate of drug-likeness (QED) is 0.845. The third-order valence-corrected chi connectivity index (χ3v) is 4.10. The monoisotopic (exact) mass is 289 g/mol. The summed E-state index contributed by atoms with van der Waals surface area (Å²) in [6.45, 7) is 4.59. The SMILES string of the molecule is CCN(CCn1c(=O)[nH]c2cc(C(=O)O)ccc21)C1CC1. The van der Waals surface area contributed by atoms with Gasteiger partial charge in [-0.05, 0) is 37.6 Å². The van der Waals surface area contributed by atoms with Crippen LogP contribution in [0, 0.1) is 0 Å².